The average Bonchev–Trinajstić information content (AvgIpc) is 3.82. The van der Waals surface area contributed by atoms with Crippen LogP contribution in [0.15, 0.2) is 207 Å². The fourth-order valence-electron chi connectivity index (χ4n) is 6.43. The number of hydrogen-bond donors (Lipinski definition) is 1. The summed E-state index contributed by atoms with van der Waals surface area (Å²) in [6, 6.07) is 62.4. The van der Waals surface area contributed by atoms with Crippen molar-refractivity contribution in [2.24, 2.45) is 10.2 Å². The molecular weight excluding hydrogens is 1000 g/mol. The first-order valence-electron chi connectivity index (χ1n) is 22.1. The minimum absolute atomic E-state index is 0.293. The molecule has 8 rings (SSSR count). The van der Waals surface area contributed by atoms with Gasteiger partial charge in [0.15, 0.2) is 22.0 Å². The van der Waals surface area contributed by atoms with E-state index in [1.807, 2.05) is 129 Å². The summed E-state index contributed by atoms with van der Waals surface area (Å²) in [5.74, 6) is 2.88. The van der Waals surface area contributed by atoms with Crippen LogP contribution in [0.5, 0.6) is 0 Å². The lowest BCUT2D eigenvalue weighted by molar-refractivity contribution is 0.733. The van der Waals surface area contributed by atoms with E-state index in [1.165, 1.54) is 23.2 Å². The molecule has 8 aromatic rings. The lowest BCUT2D eigenvalue weighted by Gasteiger charge is -2.13. The van der Waals surface area contributed by atoms with Crippen molar-refractivity contribution < 1.29 is 0 Å². The minimum atomic E-state index is 0.293. The molecule has 7 nitrogen and oxygen atoms in total. The molecule has 0 aliphatic heterocycles. The molecule has 67 heavy (non-hydrogen) atoms. The summed E-state index contributed by atoms with van der Waals surface area (Å²) in [5, 5.41) is 17.5. The van der Waals surface area contributed by atoms with Gasteiger partial charge in [-0.05, 0) is 96.5 Å². The fraction of sp³-hybridized carbons (Fsp3) is 0.179. The maximum absolute atomic E-state index is 6.06. The number of para-hydroxylation sites is 1. The second kappa shape index (κ2) is 27.1. The third-order valence-electron chi connectivity index (χ3n) is 10.8. The molecule has 0 fully saturated rings. The van der Waals surface area contributed by atoms with Crippen LogP contribution >= 0.6 is 55.1 Å². The lowest BCUT2D eigenvalue weighted by atomic mass is 9.98. The van der Waals surface area contributed by atoms with Gasteiger partial charge in [0.1, 0.15) is 0 Å². The van der Waals surface area contributed by atoms with Crippen LogP contribution in [-0.4, -0.2) is 39.2 Å². The van der Waals surface area contributed by atoms with Crippen molar-refractivity contribution in [3.05, 3.63) is 219 Å². The second-order valence-corrected chi connectivity index (χ2v) is 18.4. The van der Waals surface area contributed by atoms with E-state index in [9.17, 15) is 0 Å². The number of benzene rings is 7. The normalized spacial score (nSPS) is 12.0. The van der Waals surface area contributed by atoms with Gasteiger partial charge in [0.05, 0.1) is 0 Å². The van der Waals surface area contributed by atoms with Crippen molar-refractivity contribution >= 4 is 76.8 Å². The zero-order valence-corrected chi connectivity index (χ0v) is 43.4. The number of nitrogens with two attached hydrogens (primary N) is 1. The van der Waals surface area contributed by atoms with Crippen LogP contribution in [0, 0.1) is 0 Å². The quantitative estimate of drug-likeness (QED) is 0.0795. The SMILES string of the molecule is CCC(C)c1ccc(-n2c(-c3ccccc3)nnc2-c2ccc(Br)cc2)cc1.CCC(C)c1ccc(N)cc1.CN(C)c1ccccc1.Cl/C(=N\N=C(/Cl)c1ccc(Br)cc1)c1ccccc1. The van der Waals surface area contributed by atoms with Crippen LogP contribution in [0.3, 0.4) is 0 Å². The number of rotatable bonds is 11. The van der Waals surface area contributed by atoms with Crippen LogP contribution in [0.25, 0.3) is 28.5 Å². The van der Waals surface area contributed by atoms with Crippen LogP contribution in [-0.2, 0) is 0 Å². The van der Waals surface area contributed by atoms with Crippen molar-refractivity contribution in [1.82, 2.24) is 14.8 Å². The zero-order valence-electron chi connectivity index (χ0n) is 38.7. The summed E-state index contributed by atoms with van der Waals surface area (Å²) in [4.78, 5) is 2.08. The van der Waals surface area contributed by atoms with Gasteiger partial charge in [0.2, 0.25) is 0 Å². The van der Waals surface area contributed by atoms with Gasteiger partial charge in [0.25, 0.3) is 0 Å². The number of halogens is 4. The summed E-state index contributed by atoms with van der Waals surface area (Å²) in [6.07, 6.45) is 2.31. The number of aromatic nitrogens is 3. The van der Waals surface area contributed by atoms with E-state index in [1.54, 1.807) is 0 Å². The highest BCUT2D eigenvalue weighted by molar-refractivity contribution is 9.10. The number of hydrogen-bond acceptors (Lipinski definition) is 6. The molecule has 2 N–H and O–H groups in total. The highest BCUT2D eigenvalue weighted by atomic mass is 79.9. The number of nitrogens with zero attached hydrogens (tertiary/aromatic N) is 6. The zero-order chi connectivity index (χ0) is 48.1. The van der Waals surface area contributed by atoms with Gasteiger partial charge in [0, 0.05) is 62.4 Å². The molecule has 344 valence electrons. The van der Waals surface area contributed by atoms with Crippen LogP contribution in [0.4, 0.5) is 11.4 Å². The molecule has 0 aliphatic carbocycles. The molecule has 0 saturated carbocycles. The molecule has 0 saturated heterocycles. The van der Waals surface area contributed by atoms with Gasteiger partial charge < -0.3 is 10.6 Å². The number of nitrogen functional groups attached to an aromatic ring is 1. The second-order valence-electron chi connectivity index (χ2n) is 15.8. The first kappa shape index (κ1) is 52.1. The van der Waals surface area contributed by atoms with Gasteiger partial charge >= 0.3 is 0 Å². The third kappa shape index (κ3) is 16.2. The van der Waals surface area contributed by atoms with Gasteiger partial charge in [-0.2, -0.15) is 0 Å². The highest BCUT2D eigenvalue weighted by Crippen LogP contribution is 2.30. The molecule has 0 aliphatic rings. The predicted octanol–water partition coefficient (Wildman–Crippen LogP) is 16.4. The molecule has 0 radical (unpaired) electrons. The first-order valence-corrected chi connectivity index (χ1v) is 24.5. The molecule has 0 amide bonds. The van der Waals surface area contributed by atoms with Gasteiger partial charge in [-0.1, -0.05) is 210 Å². The van der Waals surface area contributed by atoms with Crippen molar-refractivity contribution in [2.45, 2.75) is 52.4 Å². The molecule has 1 heterocycles. The Bertz CT molecular complexity index is 2730. The summed E-state index contributed by atoms with van der Waals surface area (Å²) in [7, 11) is 4.07. The van der Waals surface area contributed by atoms with Crippen molar-refractivity contribution in [1.29, 1.82) is 0 Å². The Kier molecular flexibility index (Phi) is 21.1. The average molecular weight is 1060 g/mol. The van der Waals surface area contributed by atoms with E-state index in [2.05, 4.69) is 162 Å². The third-order valence-corrected chi connectivity index (χ3v) is 12.5. The topological polar surface area (TPSA) is 84.7 Å². The number of anilines is 2. The Labute approximate surface area is 423 Å². The Morgan fingerprint density at radius 2 is 0.925 bits per heavy atom. The van der Waals surface area contributed by atoms with Crippen LogP contribution in [0.1, 0.15) is 74.6 Å². The Morgan fingerprint density at radius 1 is 0.537 bits per heavy atom. The molecule has 2 atom stereocenters. The Morgan fingerprint density at radius 3 is 1.36 bits per heavy atom. The van der Waals surface area contributed by atoms with E-state index in [0.717, 1.165) is 60.6 Å². The molecule has 0 bridgehead atoms. The minimum Gasteiger partial charge on any atom is -0.399 e. The summed E-state index contributed by atoms with van der Waals surface area (Å²) in [5.41, 5.74) is 15.1. The predicted molar refractivity (Wildman–Crippen MR) is 294 cm³/mol. The van der Waals surface area contributed by atoms with Crippen molar-refractivity contribution in [3.8, 4) is 28.5 Å². The Hall–Kier alpha value is -5.84. The van der Waals surface area contributed by atoms with Gasteiger partial charge in [-0.25, -0.2) is 0 Å². The maximum atomic E-state index is 6.06. The molecule has 0 spiro atoms. The van der Waals surface area contributed by atoms with E-state index in [0.29, 0.717) is 22.2 Å². The van der Waals surface area contributed by atoms with E-state index in [-0.39, 0.29) is 0 Å². The van der Waals surface area contributed by atoms with E-state index < -0.39 is 0 Å². The standard InChI is InChI=1S/C24H22BrN3.C14H9BrCl2N2.C10H15N.C8H11N/c1-3-17(2)18-11-15-22(16-12-18)28-23(19-7-5-4-6-8-19)26-27-24(28)20-9-13-21(25)14-10-20;15-12-8-6-11(7-9-12)14(17)19-18-13(16)10-4-2-1-3-5-10;1-3-8(2)9-4-6-10(11)7-5-9;1-9(2)8-6-4-3-5-7-8/h4-17H,3H2,1-2H3;1-9H;4-8H,3,11H2,1-2H3;3-7H,1-2H3/b;18-13-,19-14-;;. The highest BCUT2D eigenvalue weighted by Gasteiger charge is 2.17. The summed E-state index contributed by atoms with van der Waals surface area (Å²) < 4.78 is 4.16. The molecule has 1 aromatic heterocycles. The summed E-state index contributed by atoms with van der Waals surface area (Å²) >= 11 is 19.0. The molecule has 2 unspecified atom stereocenters. The van der Waals surface area contributed by atoms with Gasteiger partial charge in [-0.3, -0.25) is 4.57 Å². The smallest absolute Gasteiger partial charge is 0.168 e. The van der Waals surface area contributed by atoms with E-state index >= 15 is 0 Å². The molecule has 11 heteroatoms. The first-order chi connectivity index (χ1) is 32.4. The Balaban J connectivity index is 0.000000185. The lowest BCUT2D eigenvalue weighted by Crippen LogP contribution is -2.07. The van der Waals surface area contributed by atoms with Crippen LogP contribution in [0.2, 0.25) is 0 Å². The monoisotopic (exact) mass is 1060 g/mol. The van der Waals surface area contributed by atoms with Crippen molar-refractivity contribution in [2.75, 3.05) is 24.7 Å². The molecule has 7 aromatic carbocycles. The van der Waals surface area contributed by atoms with E-state index in [4.69, 9.17) is 28.9 Å². The van der Waals surface area contributed by atoms with Crippen LogP contribution < -0.4 is 10.6 Å². The molecular formula is C56H57Br2Cl2N7. The van der Waals surface area contributed by atoms with Crippen molar-refractivity contribution in [3.63, 3.8) is 0 Å². The van der Waals surface area contributed by atoms with Gasteiger partial charge in [-0.15, -0.1) is 20.4 Å². The fourth-order valence-corrected chi connectivity index (χ4v) is 7.29. The maximum Gasteiger partial charge on any atom is 0.168 e. The summed E-state index contributed by atoms with van der Waals surface area (Å²) in [6.45, 7) is 8.90. The largest absolute Gasteiger partial charge is 0.399 e.